The Balaban J connectivity index is 1.87. The molecule has 0 aliphatic rings. The first-order chi connectivity index (χ1) is 8.66. The van der Waals surface area contributed by atoms with Gasteiger partial charge in [0, 0.05) is 23.5 Å². The lowest BCUT2D eigenvalue weighted by atomic mass is 10.2. The second kappa shape index (κ2) is 5.82. The largest absolute Gasteiger partial charge is 0.361 e. The van der Waals surface area contributed by atoms with Gasteiger partial charge in [0.25, 0.3) is 5.91 Å². The Bertz CT molecular complexity index is 551. The van der Waals surface area contributed by atoms with E-state index >= 15 is 0 Å². The van der Waals surface area contributed by atoms with E-state index in [-0.39, 0.29) is 5.91 Å². The lowest BCUT2D eigenvalue weighted by Crippen LogP contribution is -2.26. The first-order valence-corrected chi connectivity index (χ1v) is 6.41. The molecule has 0 saturated carbocycles. The molecule has 0 spiro atoms. The molecule has 2 rings (SSSR count). The van der Waals surface area contributed by atoms with Gasteiger partial charge in [0.05, 0.1) is 11.3 Å². The molecule has 1 aromatic heterocycles. The van der Waals surface area contributed by atoms with Crippen LogP contribution in [0.4, 0.5) is 0 Å². The molecule has 0 bridgehead atoms. The summed E-state index contributed by atoms with van der Waals surface area (Å²) < 4.78 is 5.75. The minimum absolute atomic E-state index is 0.0947. The summed E-state index contributed by atoms with van der Waals surface area (Å²) >= 11 is 3.35. The molecule has 0 unspecified atom stereocenters. The second-order valence-electron chi connectivity index (χ2n) is 3.91. The zero-order chi connectivity index (χ0) is 13.0. The van der Waals surface area contributed by atoms with E-state index in [2.05, 4.69) is 26.4 Å². The van der Waals surface area contributed by atoms with Crippen molar-refractivity contribution in [2.24, 2.45) is 0 Å². The van der Waals surface area contributed by atoms with Gasteiger partial charge in [-0.15, -0.1) is 0 Å². The summed E-state index contributed by atoms with van der Waals surface area (Å²) in [5, 5.41) is 6.71. The van der Waals surface area contributed by atoms with Crippen LogP contribution in [0, 0.1) is 6.92 Å². The molecule has 1 amide bonds. The number of nitrogens with zero attached hydrogens (tertiary/aromatic N) is 1. The Morgan fingerprint density at radius 2 is 2.22 bits per heavy atom. The number of aryl methyl sites for hydroxylation is 1. The first-order valence-electron chi connectivity index (χ1n) is 5.62. The Labute approximate surface area is 113 Å². The molecule has 0 aliphatic carbocycles. The molecule has 18 heavy (non-hydrogen) atoms. The lowest BCUT2D eigenvalue weighted by Gasteiger charge is -2.05. The molecule has 1 heterocycles. The number of halogens is 1. The van der Waals surface area contributed by atoms with Gasteiger partial charge in [0.1, 0.15) is 5.76 Å². The average Bonchev–Trinajstić information content (AvgIpc) is 2.75. The van der Waals surface area contributed by atoms with Crippen molar-refractivity contribution in [3.8, 4) is 0 Å². The minimum atomic E-state index is -0.0947. The fourth-order valence-electron chi connectivity index (χ4n) is 1.58. The summed E-state index contributed by atoms with van der Waals surface area (Å²) in [5.74, 6) is 0.685. The van der Waals surface area contributed by atoms with Crippen molar-refractivity contribution < 1.29 is 9.32 Å². The molecule has 0 atom stereocenters. The Morgan fingerprint density at radius 1 is 1.44 bits per heavy atom. The molecular weight excluding hydrogens is 296 g/mol. The number of hydrogen-bond donors (Lipinski definition) is 1. The van der Waals surface area contributed by atoms with Crippen LogP contribution >= 0.6 is 15.9 Å². The van der Waals surface area contributed by atoms with Crippen LogP contribution in [0.1, 0.15) is 21.8 Å². The highest BCUT2D eigenvalue weighted by atomic mass is 79.9. The average molecular weight is 309 g/mol. The molecule has 0 saturated heterocycles. The predicted molar refractivity (Wildman–Crippen MR) is 71.4 cm³/mol. The molecule has 2 aromatic rings. The third-order valence-corrected chi connectivity index (χ3v) is 3.15. The zero-order valence-corrected chi connectivity index (χ0v) is 11.5. The van der Waals surface area contributed by atoms with E-state index in [1.54, 1.807) is 6.07 Å². The molecule has 0 fully saturated rings. The van der Waals surface area contributed by atoms with Crippen molar-refractivity contribution in [2.45, 2.75) is 13.3 Å². The maximum Gasteiger partial charge on any atom is 0.252 e. The van der Waals surface area contributed by atoms with Gasteiger partial charge in [-0.05, 0) is 35.0 Å². The maximum absolute atomic E-state index is 11.9. The van der Waals surface area contributed by atoms with Crippen molar-refractivity contribution in [1.82, 2.24) is 10.5 Å². The second-order valence-corrected chi connectivity index (χ2v) is 4.77. The van der Waals surface area contributed by atoms with Gasteiger partial charge in [-0.1, -0.05) is 17.3 Å². The number of benzene rings is 1. The third kappa shape index (κ3) is 3.20. The fourth-order valence-corrected chi connectivity index (χ4v) is 2.05. The van der Waals surface area contributed by atoms with Gasteiger partial charge in [0.2, 0.25) is 0 Å². The van der Waals surface area contributed by atoms with E-state index in [0.717, 1.165) is 15.9 Å². The third-order valence-electron chi connectivity index (χ3n) is 2.46. The van der Waals surface area contributed by atoms with Crippen LogP contribution in [0.2, 0.25) is 0 Å². The van der Waals surface area contributed by atoms with E-state index in [4.69, 9.17) is 4.52 Å². The summed E-state index contributed by atoms with van der Waals surface area (Å²) in [6.45, 7) is 2.38. The van der Waals surface area contributed by atoms with E-state index in [9.17, 15) is 4.79 Å². The van der Waals surface area contributed by atoms with Crippen molar-refractivity contribution >= 4 is 21.8 Å². The van der Waals surface area contributed by atoms with Crippen LogP contribution in [-0.4, -0.2) is 17.6 Å². The van der Waals surface area contributed by atoms with Gasteiger partial charge < -0.3 is 9.84 Å². The molecular formula is C13H13BrN2O2. The summed E-state index contributed by atoms with van der Waals surface area (Å²) in [7, 11) is 0. The quantitative estimate of drug-likeness (QED) is 0.945. The Hall–Kier alpha value is -1.62. The van der Waals surface area contributed by atoms with Crippen LogP contribution in [0.5, 0.6) is 0 Å². The number of rotatable bonds is 4. The SMILES string of the molecule is Cc1cc(CCNC(=O)c2ccccc2Br)no1. The summed E-state index contributed by atoms with van der Waals surface area (Å²) in [6.07, 6.45) is 0.660. The van der Waals surface area contributed by atoms with Crippen LogP contribution < -0.4 is 5.32 Å². The van der Waals surface area contributed by atoms with Crippen molar-refractivity contribution in [3.63, 3.8) is 0 Å². The molecule has 0 radical (unpaired) electrons. The highest BCUT2D eigenvalue weighted by Crippen LogP contribution is 2.15. The minimum Gasteiger partial charge on any atom is -0.361 e. The monoisotopic (exact) mass is 308 g/mol. The van der Waals surface area contributed by atoms with E-state index < -0.39 is 0 Å². The topological polar surface area (TPSA) is 55.1 Å². The van der Waals surface area contributed by atoms with Gasteiger partial charge in [-0.2, -0.15) is 0 Å². The highest BCUT2D eigenvalue weighted by Gasteiger charge is 2.08. The highest BCUT2D eigenvalue weighted by molar-refractivity contribution is 9.10. The smallest absolute Gasteiger partial charge is 0.252 e. The van der Waals surface area contributed by atoms with E-state index in [1.165, 1.54) is 0 Å². The molecule has 1 aromatic carbocycles. The van der Waals surface area contributed by atoms with Gasteiger partial charge in [-0.25, -0.2) is 0 Å². The fraction of sp³-hybridized carbons (Fsp3) is 0.231. The Morgan fingerprint density at radius 3 is 2.89 bits per heavy atom. The number of hydrogen-bond acceptors (Lipinski definition) is 3. The lowest BCUT2D eigenvalue weighted by molar-refractivity contribution is 0.0953. The van der Waals surface area contributed by atoms with E-state index in [1.807, 2.05) is 31.2 Å². The van der Waals surface area contributed by atoms with Crippen molar-refractivity contribution in [2.75, 3.05) is 6.54 Å². The van der Waals surface area contributed by atoms with Gasteiger partial charge >= 0.3 is 0 Å². The molecule has 5 heteroatoms. The maximum atomic E-state index is 11.9. The number of amides is 1. The summed E-state index contributed by atoms with van der Waals surface area (Å²) in [6, 6.07) is 9.19. The van der Waals surface area contributed by atoms with Crippen LogP contribution in [-0.2, 0) is 6.42 Å². The number of carbonyl (C=O) groups excluding carboxylic acids is 1. The number of nitrogens with one attached hydrogen (secondary N) is 1. The Kier molecular flexibility index (Phi) is 4.15. The zero-order valence-electron chi connectivity index (χ0n) is 9.94. The predicted octanol–water partition coefficient (Wildman–Crippen LogP) is 2.72. The van der Waals surface area contributed by atoms with Crippen LogP contribution in [0.15, 0.2) is 39.3 Å². The molecule has 94 valence electrons. The number of carbonyl (C=O) groups is 1. The van der Waals surface area contributed by atoms with Gasteiger partial charge in [0.15, 0.2) is 0 Å². The standard InChI is InChI=1S/C13H13BrN2O2/c1-9-8-10(16-18-9)6-7-15-13(17)11-4-2-3-5-12(11)14/h2-5,8H,6-7H2,1H3,(H,15,17). The summed E-state index contributed by atoms with van der Waals surface area (Å²) in [5.41, 5.74) is 1.48. The summed E-state index contributed by atoms with van der Waals surface area (Å²) in [4.78, 5) is 11.9. The number of aromatic nitrogens is 1. The van der Waals surface area contributed by atoms with Crippen molar-refractivity contribution in [3.05, 3.63) is 51.8 Å². The van der Waals surface area contributed by atoms with Gasteiger partial charge in [-0.3, -0.25) is 4.79 Å². The normalized spacial score (nSPS) is 10.3. The van der Waals surface area contributed by atoms with Crippen LogP contribution in [0.25, 0.3) is 0 Å². The van der Waals surface area contributed by atoms with E-state index in [0.29, 0.717) is 18.5 Å². The first kappa shape index (κ1) is 12.8. The van der Waals surface area contributed by atoms with Crippen LogP contribution in [0.3, 0.4) is 0 Å². The molecule has 1 N–H and O–H groups in total. The molecule has 4 nitrogen and oxygen atoms in total. The van der Waals surface area contributed by atoms with Crippen molar-refractivity contribution in [1.29, 1.82) is 0 Å². The molecule has 0 aliphatic heterocycles.